The van der Waals surface area contributed by atoms with Gasteiger partial charge in [-0.2, -0.15) is 0 Å². The van der Waals surface area contributed by atoms with E-state index in [1.165, 1.54) is 4.31 Å². The molecule has 1 aromatic rings. The molecule has 0 saturated heterocycles. The molecule has 1 fully saturated rings. The molecule has 1 aliphatic rings. The van der Waals surface area contributed by atoms with Crippen LogP contribution in [0.15, 0.2) is 24.3 Å². The molecular weight excluding hydrogens is 348 g/mol. The van der Waals surface area contributed by atoms with Crippen LogP contribution in [0.1, 0.15) is 38.2 Å². The minimum absolute atomic E-state index is 0.0111. The van der Waals surface area contributed by atoms with Gasteiger partial charge in [-0.1, -0.05) is 30.2 Å². The van der Waals surface area contributed by atoms with Gasteiger partial charge in [0.05, 0.1) is 11.2 Å². The maximum atomic E-state index is 12.7. The lowest BCUT2D eigenvalue weighted by Gasteiger charge is -2.40. The Morgan fingerprint density at radius 1 is 1.38 bits per heavy atom. The van der Waals surface area contributed by atoms with Gasteiger partial charge in [-0.15, -0.1) is 0 Å². The first kappa shape index (κ1) is 19.2. The predicted molar refractivity (Wildman–Crippen MR) is 96.7 cm³/mol. The molecule has 1 amide bonds. The fraction of sp³-hybridized carbons (Fsp3) is 0.588. The maximum absolute atomic E-state index is 12.7. The summed E-state index contributed by atoms with van der Waals surface area (Å²) in [6.45, 7) is 2.49. The fourth-order valence-electron chi connectivity index (χ4n) is 3.00. The highest BCUT2D eigenvalue weighted by Crippen LogP contribution is 2.44. The van der Waals surface area contributed by atoms with E-state index in [4.69, 9.17) is 11.6 Å². The second kappa shape index (κ2) is 7.85. The van der Waals surface area contributed by atoms with Crippen LogP contribution in [0.5, 0.6) is 0 Å². The first-order valence-electron chi connectivity index (χ1n) is 8.30. The van der Waals surface area contributed by atoms with Crippen molar-refractivity contribution in [3.8, 4) is 0 Å². The van der Waals surface area contributed by atoms with Crippen molar-refractivity contribution in [3.05, 3.63) is 34.9 Å². The maximum Gasteiger partial charge on any atom is 0.230 e. The van der Waals surface area contributed by atoms with Crippen LogP contribution in [0.4, 0.5) is 0 Å². The van der Waals surface area contributed by atoms with Gasteiger partial charge < -0.3 is 5.32 Å². The summed E-state index contributed by atoms with van der Waals surface area (Å²) in [5, 5.41) is 3.60. The Morgan fingerprint density at radius 2 is 2.08 bits per heavy atom. The van der Waals surface area contributed by atoms with E-state index < -0.39 is 15.4 Å². The summed E-state index contributed by atoms with van der Waals surface area (Å²) in [5.41, 5.74) is 0.483. The molecule has 1 aromatic carbocycles. The number of benzene rings is 1. The van der Waals surface area contributed by atoms with E-state index in [-0.39, 0.29) is 11.7 Å². The quantitative estimate of drug-likeness (QED) is 0.713. The number of carbonyl (C=O) groups is 1. The molecule has 0 spiro atoms. The number of hydrogen-bond acceptors (Lipinski definition) is 3. The molecule has 0 atom stereocenters. The van der Waals surface area contributed by atoms with E-state index in [1.54, 1.807) is 20.0 Å². The van der Waals surface area contributed by atoms with Crippen LogP contribution >= 0.6 is 11.6 Å². The number of halogens is 1. The van der Waals surface area contributed by atoms with E-state index >= 15 is 0 Å². The number of nitrogens with zero attached hydrogens (tertiary/aromatic N) is 1. The Balaban J connectivity index is 1.90. The van der Waals surface area contributed by atoms with E-state index in [0.717, 1.165) is 24.8 Å². The summed E-state index contributed by atoms with van der Waals surface area (Å²) in [7, 11) is -1.59. The van der Waals surface area contributed by atoms with Gasteiger partial charge in [-0.3, -0.25) is 4.79 Å². The number of hydrogen-bond donors (Lipinski definition) is 1. The molecule has 0 aliphatic heterocycles. The molecule has 1 saturated carbocycles. The summed E-state index contributed by atoms with van der Waals surface area (Å²) in [6.07, 6.45) is 3.26. The zero-order valence-electron chi connectivity index (χ0n) is 14.2. The summed E-state index contributed by atoms with van der Waals surface area (Å²) in [4.78, 5) is 12.7. The Kier molecular flexibility index (Phi) is 6.28. The molecule has 0 radical (unpaired) electrons. The summed E-state index contributed by atoms with van der Waals surface area (Å²) < 4.78 is 24.7. The van der Waals surface area contributed by atoms with Crippen molar-refractivity contribution in [1.29, 1.82) is 0 Å². The van der Waals surface area contributed by atoms with Crippen LogP contribution < -0.4 is 5.32 Å². The highest BCUT2D eigenvalue weighted by atomic mass is 35.5. The van der Waals surface area contributed by atoms with Crippen LogP contribution in [-0.4, -0.2) is 44.5 Å². The molecule has 0 unspecified atom stereocenters. The van der Waals surface area contributed by atoms with E-state index in [0.29, 0.717) is 24.5 Å². The largest absolute Gasteiger partial charge is 0.355 e. The van der Waals surface area contributed by atoms with Gasteiger partial charge in [0.15, 0.2) is 0 Å². The van der Waals surface area contributed by atoms with Gasteiger partial charge in [-0.05, 0) is 43.9 Å². The molecule has 134 valence electrons. The summed E-state index contributed by atoms with van der Waals surface area (Å²) in [5.74, 6) is 0.102. The second-order valence-electron chi connectivity index (χ2n) is 6.28. The lowest BCUT2D eigenvalue weighted by molar-refractivity contribution is -0.129. The minimum atomic E-state index is -3.16. The number of amides is 1. The van der Waals surface area contributed by atoms with Crippen molar-refractivity contribution >= 4 is 27.5 Å². The lowest BCUT2D eigenvalue weighted by atomic mass is 9.64. The van der Waals surface area contributed by atoms with E-state index in [2.05, 4.69) is 5.32 Å². The van der Waals surface area contributed by atoms with Crippen molar-refractivity contribution in [2.24, 2.45) is 0 Å². The molecular formula is C17H25ClN2O3S. The van der Waals surface area contributed by atoms with Crippen molar-refractivity contribution < 1.29 is 13.2 Å². The Hall–Kier alpha value is -1.11. The topological polar surface area (TPSA) is 66.5 Å². The monoisotopic (exact) mass is 372 g/mol. The van der Waals surface area contributed by atoms with Gasteiger partial charge in [0.25, 0.3) is 0 Å². The Labute approximate surface area is 149 Å². The average molecular weight is 373 g/mol. The lowest BCUT2D eigenvalue weighted by Crippen LogP contribution is -2.49. The SMILES string of the molecule is CCS(=O)(=O)N(C)CCCNC(=O)C1(c2cccc(Cl)c2)CCC1. The van der Waals surface area contributed by atoms with Crippen LogP contribution in [0.25, 0.3) is 0 Å². The van der Waals surface area contributed by atoms with Crippen LogP contribution in [0.3, 0.4) is 0 Å². The zero-order valence-corrected chi connectivity index (χ0v) is 15.8. The molecule has 24 heavy (non-hydrogen) atoms. The fourth-order valence-corrected chi connectivity index (χ4v) is 4.03. The van der Waals surface area contributed by atoms with Crippen LogP contribution in [0.2, 0.25) is 5.02 Å². The predicted octanol–water partition coefficient (Wildman–Crippen LogP) is 2.55. The van der Waals surface area contributed by atoms with E-state index in [9.17, 15) is 13.2 Å². The summed E-state index contributed by atoms with van der Waals surface area (Å²) in [6, 6.07) is 7.49. The second-order valence-corrected chi connectivity index (χ2v) is 9.08. The first-order valence-corrected chi connectivity index (χ1v) is 10.3. The van der Waals surface area contributed by atoms with Crippen LogP contribution in [0, 0.1) is 0 Å². The number of carbonyl (C=O) groups excluding carboxylic acids is 1. The summed E-state index contributed by atoms with van der Waals surface area (Å²) >= 11 is 6.06. The zero-order chi connectivity index (χ0) is 17.8. The van der Waals surface area contributed by atoms with Gasteiger partial charge >= 0.3 is 0 Å². The Morgan fingerprint density at radius 3 is 2.62 bits per heavy atom. The van der Waals surface area contributed by atoms with Gasteiger partial charge in [0.1, 0.15) is 0 Å². The molecule has 0 heterocycles. The molecule has 1 N–H and O–H groups in total. The van der Waals surface area contributed by atoms with Gasteiger partial charge in [-0.25, -0.2) is 12.7 Å². The molecule has 0 bridgehead atoms. The third kappa shape index (κ3) is 4.10. The number of nitrogens with one attached hydrogen (secondary N) is 1. The average Bonchev–Trinajstić information content (AvgIpc) is 2.50. The smallest absolute Gasteiger partial charge is 0.230 e. The molecule has 1 aliphatic carbocycles. The number of sulfonamides is 1. The normalized spacial score (nSPS) is 16.7. The third-order valence-electron chi connectivity index (χ3n) is 4.79. The van der Waals surface area contributed by atoms with Crippen molar-refractivity contribution in [3.63, 3.8) is 0 Å². The number of rotatable bonds is 8. The third-order valence-corrected chi connectivity index (χ3v) is 6.89. The standard InChI is InChI=1S/C17H25ClN2O3S/c1-3-24(22,23)20(2)12-6-11-19-16(21)17(9-5-10-17)14-7-4-8-15(18)13-14/h4,7-8,13H,3,5-6,9-12H2,1-2H3,(H,19,21). The highest BCUT2D eigenvalue weighted by Gasteiger charge is 2.45. The van der Waals surface area contributed by atoms with Crippen molar-refractivity contribution in [1.82, 2.24) is 9.62 Å². The van der Waals surface area contributed by atoms with Crippen molar-refractivity contribution in [2.45, 2.75) is 38.0 Å². The van der Waals surface area contributed by atoms with Crippen molar-refractivity contribution in [2.75, 3.05) is 25.9 Å². The van der Waals surface area contributed by atoms with Gasteiger partial charge in [0.2, 0.25) is 15.9 Å². The molecule has 7 heteroatoms. The highest BCUT2D eigenvalue weighted by molar-refractivity contribution is 7.89. The van der Waals surface area contributed by atoms with E-state index in [1.807, 2.05) is 18.2 Å². The minimum Gasteiger partial charge on any atom is -0.355 e. The Bertz CT molecular complexity index is 687. The van der Waals surface area contributed by atoms with Crippen LogP contribution in [-0.2, 0) is 20.2 Å². The van der Waals surface area contributed by atoms with Gasteiger partial charge in [0, 0.05) is 25.2 Å². The first-order chi connectivity index (χ1) is 11.3. The molecule has 0 aromatic heterocycles. The molecule has 5 nitrogen and oxygen atoms in total. The molecule has 2 rings (SSSR count).